The third-order valence-electron chi connectivity index (χ3n) is 2.97. The Bertz CT molecular complexity index is 147. The predicted molar refractivity (Wildman–Crippen MR) is 56.8 cm³/mol. The van der Waals surface area contributed by atoms with Gasteiger partial charge in [-0.25, -0.2) is 0 Å². The van der Waals surface area contributed by atoms with Crippen LogP contribution in [0.25, 0.3) is 0 Å². The first-order valence-corrected chi connectivity index (χ1v) is 5.20. The Hall–Kier alpha value is -0.120. The highest BCUT2D eigenvalue weighted by Gasteiger charge is 2.24. The van der Waals surface area contributed by atoms with Gasteiger partial charge in [0.1, 0.15) is 0 Å². The van der Waals surface area contributed by atoms with Gasteiger partial charge >= 0.3 is 0 Å². The molecule has 1 aliphatic carbocycles. The summed E-state index contributed by atoms with van der Waals surface area (Å²) in [5.41, 5.74) is 5.88. The highest BCUT2D eigenvalue weighted by atomic mass is 15.2. The minimum Gasteiger partial charge on any atom is -0.328 e. The molecular weight excluding hydrogens is 162 g/mol. The molecule has 1 saturated carbocycles. The molecule has 78 valence electrons. The third kappa shape index (κ3) is 3.63. The van der Waals surface area contributed by atoms with Crippen molar-refractivity contribution in [3.05, 3.63) is 0 Å². The van der Waals surface area contributed by atoms with Crippen molar-refractivity contribution >= 4 is 0 Å². The molecule has 0 amide bonds. The van der Waals surface area contributed by atoms with Gasteiger partial charge in [0.2, 0.25) is 0 Å². The highest BCUT2D eigenvalue weighted by Crippen LogP contribution is 2.21. The highest BCUT2D eigenvalue weighted by molar-refractivity contribution is 4.83. The fourth-order valence-corrected chi connectivity index (χ4v) is 1.93. The van der Waals surface area contributed by atoms with E-state index in [0.29, 0.717) is 6.04 Å². The Labute approximate surface area is 81.9 Å². The summed E-state index contributed by atoms with van der Waals surface area (Å²) in [5.74, 6) is 0. The van der Waals surface area contributed by atoms with Crippen LogP contribution in [0, 0.1) is 0 Å². The van der Waals surface area contributed by atoms with Gasteiger partial charge in [0.25, 0.3) is 0 Å². The minimum atomic E-state index is 0.451. The van der Waals surface area contributed by atoms with Gasteiger partial charge in [-0.05, 0) is 40.4 Å². The predicted octanol–water partition coefficient (Wildman–Crippen LogP) is 0.360. The maximum absolute atomic E-state index is 5.88. The molecule has 0 aromatic heterocycles. The fraction of sp³-hybridized carbons (Fsp3) is 1.00. The Kier molecular flexibility index (Phi) is 4.16. The van der Waals surface area contributed by atoms with Crippen molar-refractivity contribution in [2.75, 3.05) is 34.2 Å². The van der Waals surface area contributed by atoms with E-state index < -0.39 is 0 Å². The van der Waals surface area contributed by atoms with E-state index in [0.717, 1.165) is 19.1 Å². The Morgan fingerprint density at radius 2 is 1.85 bits per heavy atom. The van der Waals surface area contributed by atoms with Crippen molar-refractivity contribution in [3.8, 4) is 0 Å². The van der Waals surface area contributed by atoms with E-state index in [2.05, 4.69) is 30.9 Å². The van der Waals surface area contributed by atoms with Crippen LogP contribution < -0.4 is 5.73 Å². The van der Waals surface area contributed by atoms with Gasteiger partial charge in [-0.3, -0.25) is 0 Å². The summed E-state index contributed by atoms with van der Waals surface area (Å²) in [6.45, 7) is 2.30. The monoisotopic (exact) mass is 185 g/mol. The molecule has 3 nitrogen and oxygen atoms in total. The normalized spacial score (nSPS) is 29.1. The first-order valence-electron chi connectivity index (χ1n) is 5.20. The molecular formula is C10H23N3. The molecule has 0 bridgehead atoms. The van der Waals surface area contributed by atoms with Crippen LogP contribution in [0.4, 0.5) is 0 Å². The number of nitrogens with zero attached hydrogens (tertiary/aromatic N) is 2. The van der Waals surface area contributed by atoms with Crippen LogP contribution in [0.1, 0.15) is 19.3 Å². The number of hydrogen-bond acceptors (Lipinski definition) is 3. The summed E-state index contributed by atoms with van der Waals surface area (Å²) in [5, 5.41) is 0. The number of rotatable bonds is 4. The van der Waals surface area contributed by atoms with E-state index >= 15 is 0 Å². The van der Waals surface area contributed by atoms with Crippen LogP contribution in [0.2, 0.25) is 0 Å². The summed E-state index contributed by atoms with van der Waals surface area (Å²) in [6, 6.07) is 1.18. The SMILES string of the molecule is CN(C)CCN(C)C1CCC(N)C1. The molecule has 0 aromatic carbocycles. The molecule has 3 heteroatoms. The minimum absolute atomic E-state index is 0.451. The molecule has 2 atom stereocenters. The van der Waals surface area contributed by atoms with E-state index in [1.165, 1.54) is 19.3 Å². The van der Waals surface area contributed by atoms with E-state index in [1.807, 2.05) is 0 Å². The average molecular weight is 185 g/mol. The van der Waals surface area contributed by atoms with Crippen molar-refractivity contribution in [3.63, 3.8) is 0 Å². The van der Waals surface area contributed by atoms with Gasteiger partial charge < -0.3 is 15.5 Å². The van der Waals surface area contributed by atoms with Crippen LogP contribution in [0.5, 0.6) is 0 Å². The third-order valence-corrected chi connectivity index (χ3v) is 2.97. The van der Waals surface area contributed by atoms with E-state index in [9.17, 15) is 0 Å². The largest absolute Gasteiger partial charge is 0.328 e. The molecule has 0 saturated heterocycles. The Morgan fingerprint density at radius 1 is 1.15 bits per heavy atom. The van der Waals surface area contributed by atoms with Crippen LogP contribution in [0.15, 0.2) is 0 Å². The molecule has 1 rings (SSSR count). The molecule has 1 aliphatic rings. The van der Waals surface area contributed by atoms with Crippen LogP contribution >= 0.6 is 0 Å². The van der Waals surface area contributed by atoms with Crippen molar-refractivity contribution in [1.82, 2.24) is 9.80 Å². The van der Waals surface area contributed by atoms with Crippen molar-refractivity contribution in [2.24, 2.45) is 5.73 Å². The molecule has 2 unspecified atom stereocenters. The van der Waals surface area contributed by atoms with Gasteiger partial charge in [-0.2, -0.15) is 0 Å². The zero-order chi connectivity index (χ0) is 9.84. The maximum Gasteiger partial charge on any atom is 0.0109 e. The topological polar surface area (TPSA) is 32.5 Å². The van der Waals surface area contributed by atoms with E-state index in [-0.39, 0.29) is 0 Å². The maximum atomic E-state index is 5.88. The second-order valence-electron chi connectivity index (χ2n) is 4.51. The van der Waals surface area contributed by atoms with Gasteiger partial charge in [-0.1, -0.05) is 0 Å². The molecule has 0 heterocycles. The van der Waals surface area contributed by atoms with E-state index in [4.69, 9.17) is 5.73 Å². The molecule has 0 radical (unpaired) electrons. The first-order chi connectivity index (χ1) is 6.09. The fourth-order valence-electron chi connectivity index (χ4n) is 1.93. The summed E-state index contributed by atoms with van der Waals surface area (Å²) in [7, 11) is 6.45. The average Bonchev–Trinajstić information content (AvgIpc) is 2.47. The lowest BCUT2D eigenvalue weighted by Gasteiger charge is -2.25. The second-order valence-corrected chi connectivity index (χ2v) is 4.51. The lowest BCUT2D eigenvalue weighted by atomic mass is 10.2. The van der Waals surface area contributed by atoms with Gasteiger partial charge in [0, 0.05) is 25.2 Å². The molecule has 2 N–H and O–H groups in total. The Balaban J connectivity index is 2.19. The number of hydrogen-bond donors (Lipinski definition) is 1. The van der Waals surface area contributed by atoms with Gasteiger partial charge in [-0.15, -0.1) is 0 Å². The first kappa shape index (κ1) is 11.0. The van der Waals surface area contributed by atoms with Crippen molar-refractivity contribution < 1.29 is 0 Å². The number of likely N-dealkylation sites (N-methyl/N-ethyl adjacent to an activating group) is 2. The summed E-state index contributed by atoms with van der Waals surface area (Å²) >= 11 is 0. The lowest BCUT2D eigenvalue weighted by Crippen LogP contribution is -2.36. The molecule has 13 heavy (non-hydrogen) atoms. The molecule has 1 fully saturated rings. The zero-order valence-electron chi connectivity index (χ0n) is 9.16. The van der Waals surface area contributed by atoms with Gasteiger partial charge in [0.05, 0.1) is 0 Å². The number of nitrogens with two attached hydrogens (primary N) is 1. The second kappa shape index (κ2) is 4.94. The van der Waals surface area contributed by atoms with Gasteiger partial charge in [0.15, 0.2) is 0 Å². The Morgan fingerprint density at radius 3 is 2.31 bits per heavy atom. The quantitative estimate of drug-likeness (QED) is 0.686. The molecule has 0 aliphatic heterocycles. The molecule has 0 spiro atoms. The summed E-state index contributed by atoms with van der Waals surface area (Å²) in [4.78, 5) is 4.68. The van der Waals surface area contributed by atoms with Crippen LogP contribution in [-0.2, 0) is 0 Å². The zero-order valence-corrected chi connectivity index (χ0v) is 9.16. The lowest BCUT2D eigenvalue weighted by molar-refractivity contribution is 0.218. The standard InChI is InChI=1S/C10H23N3/c1-12(2)6-7-13(3)10-5-4-9(11)8-10/h9-10H,4-8,11H2,1-3H3. The van der Waals surface area contributed by atoms with Crippen molar-refractivity contribution in [2.45, 2.75) is 31.3 Å². The van der Waals surface area contributed by atoms with Crippen LogP contribution in [-0.4, -0.2) is 56.1 Å². The van der Waals surface area contributed by atoms with Crippen LogP contribution in [0.3, 0.4) is 0 Å². The van der Waals surface area contributed by atoms with E-state index in [1.54, 1.807) is 0 Å². The summed E-state index contributed by atoms with van der Waals surface area (Å²) < 4.78 is 0. The van der Waals surface area contributed by atoms with Crippen molar-refractivity contribution in [1.29, 1.82) is 0 Å². The molecule has 0 aromatic rings. The summed E-state index contributed by atoms with van der Waals surface area (Å²) in [6.07, 6.45) is 3.67. The smallest absolute Gasteiger partial charge is 0.0109 e.